The minimum absolute atomic E-state index is 1.14. The summed E-state index contributed by atoms with van der Waals surface area (Å²) in [5.74, 6) is 0. The van der Waals surface area contributed by atoms with Crippen LogP contribution in [-0.2, 0) is 0 Å². The van der Waals surface area contributed by atoms with Crippen molar-refractivity contribution in [2.75, 3.05) is 0 Å². The Kier molecular flexibility index (Phi) is 14.2. The molecule has 4 aromatic heterocycles. The highest BCUT2D eigenvalue weighted by atomic mass is 15.0. The summed E-state index contributed by atoms with van der Waals surface area (Å²) in [6.45, 7) is 0. The van der Waals surface area contributed by atoms with Gasteiger partial charge < -0.3 is 18.3 Å². The van der Waals surface area contributed by atoms with Crippen LogP contribution in [0.15, 0.2) is 388 Å². The average molecular weight is 1270 g/mol. The van der Waals surface area contributed by atoms with Gasteiger partial charge in [0.2, 0.25) is 0 Å². The lowest BCUT2D eigenvalue weighted by Gasteiger charge is -2.15. The summed E-state index contributed by atoms with van der Waals surface area (Å²) in [6.07, 6.45) is 0. The van der Waals surface area contributed by atoms with Gasteiger partial charge in [-0.15, -0.1) is 0 Å². The molecule has 0 aliphatic carbocycles. The minimum atomic E-state index is 1.14. The Hall–Kier alpha value is -13.3. The van der Waals surface area contributed by atoms with E-state index in [0.717, 1.165) is 11.4 Å². The number of fused-ring (bicyclic) bond motifs is 12. The Balaban J connectivity index is 0.000000139. The third-order valence-electron chi connectivity index (χ3n) is 20.2. The fraction of sp³-hybridized carbons (Fsp3) is 0. The predicted octanol–water partition coefficient (Wildman–Crippen LogP) is 25.8. The van der Waals surface area contributed by atoms with Crippen LogP contribution in [0.2, 0.25) is 0 Å². The number of para-hydroxylation sites is 6. The van der Waals surface area contributed by atoms with Gasteiger partial charge in [-0.25, -0.2) is 0 Å². The quantitative estimate of drug-likeness (QED) is 0.130. The van der Waals surface area contributed by atoms with Crippen LogP contribution in [0.5, 0.6) is 0 Å². The summed E-state index contributed by atoms with van der Waals surface area (Å²) in [5, 5.41) is 10.0. The van der Waals surface area contributed by atoms with Gasteiger partial charge in [0, 0.05) is 65.8 Å². The monoisotopic (exact) mass is 1270 g/mol. The van der Waals surface area contributed by atoms with Crippen LogP contribution in [-0.4, -0.2) is 18.3 Å². The van der Waals surface area contributed by atoms with E-state index in [4.69, 9.17) is 0 Å². The topological polar surface area (TPSA) is 19.7 Å². The zero-order valence-corrected chi connectivity index (χ0v) is 54.7. The minimum Gasteiger partial charge on any atom is -0.309 e. The van der Waals surface area contributed by atoms with Crippen molar-refractivity contribution in [3.8, 4) is 89.5 Å². The summed E-state index contributed by atoms with van der Waals surface area (Å²) in [6, 6.07) is 141. The molecule has 0 bridgehead atoms. The van der Waals surface area contributed by atoms with Gasteiger partial charge in [-0.05, 0) is 170 Å². The molecule has 468 valence electrons. The molecule has 100 heavy (non-hydrogen) atoms. The molecule has 20 rings (SSSR count). The fourth-order valence-corrected chi connectivity index (χ4v) is 15.6. The van der Waals surface area contributed by atoms with Crippen molar-refractivity contribution >= 4 is 87.2 Å². The highest BCUT2D eigenvalue weighted by molar-refractivity contribution is 6.14. The van der Waals surface area contributed by atoms with E-state index >= 15 is 0 Å². The number of rotatable bonds is 10. The molecule has 4 heterocycles. The first-order valence-corrected chi connectivity index (χ1v) is 34.4. The lowest BCUT2D eigenvalue weighted by Crippen LogP contribution is -1.96. The normalized spacial score (nSPS) is 11.6. The third-order valence-corrected chi connectivity index (χ3v) is 20.2. The summed E-state index contributed by atoms with van der Waals surface area (Å²) >= 11 is 0. The van der Waals surface area contributed by atoms with Gasteiger partial charge in [-0.3, -0.25) is 0 Å². The first kappa shape index (κ1) is 58.1. The molecule has 0 saturated heterocycles. The summed E-state index contributed by atoms with van der Waals surface area (Å²) in [4.78, 5) is 0. The Morgan fingerprint density at radius 3 is 0.740 bits per heavy atom. The number of hydrogen-bond acceptors (Lipinski definition) is 0. The van der Waals surface area contributed by atoms with Gasteiger partial charge in [-0.2, -0.15) is 0 Å². The van der Waals surface area contributed by atoms with Crippen LogP contribution < -0.4 is 0 Å². The summed E-state index contributed by atoms with van der Waals surface area (Å²) in [5.41, 5.74) is 28.7. The van der Waals surface area contributed by atoms with Crippen molar-refractivity contribution in [1.29, 1.82) is 0 Å². The molecule has 0 spiro atoms. The predicted molar refractivity (Wildman–Crippen MR) is 423 cm³/mol. The third kappa shape index (κ3) is 10.00. The van der Waals surface area contributed by atoms with E-state index < -0.39 is 0 Å². The number of aromatic nitrogens is 4. The molecule has 4 heteroatoms. The van der Waals surface area contributed by atoms with Crippen molar-refractivity contribution in [2.24, 2.45) is 0 Å². The maximum Gasteiger partial charge on any atom is 0.0547 e. The Morgan fingerprint density at radius 2 is 0.390 bits per heavy atom. The van der Waals surface area contributed by atoms with Gasteiger partial charge in [0.25, 0.3) is 0 Å². The van der Waals surface area contributed by atoms with Crippen LogP contribution in [0.25, 0.3) is 177 Å². The first-order valence-electron chi connectivity index (χ1n) is 34.4. The van der Waals surface area contributed by atoms with Crippen molar-refractivity contribution in [3.63, 3.8) is 0 Å². The fourth-order valence-electron chi connectivity index (χ4n) is 15.6. The second-order valence-corrected chi connectivity index (χ2v) is 26.0. The Labute approximate surface area is 579 Å². The van der Waals surface area contributed by atoms with E-state index in [1.165, 1.54) is 165 Å². The van der Waals surface area contributed by atoms with Crippen molar-refractivity contribution in [3.05, 3.63) is 388 Å². The van der Waals surface area contributed by atoms with E-state index in [2.05, 4.69) is 407 Å². The molecule has 0 aliphatic rings. The van der Waals surface area contributed by atoms with E-state index in [0.29, 0.717) is 0 Å². The van der Waals surface area contributed by atoms with Crippen LogP contribution >= 0.6 is 0 Å². The van der Waals surface area contributed by atoms with Crippen molar-refractivity contribution in [2.45, 2.75) is 0 Å². The molecule has 0 unspecified atom stereocenters. The molecule has 0 atom stereocenters. The maximum atomic E-state index is 2.45. The average Bonchev–Trinajstić information content (AvgIpc) is 1.58. The first-order chi connectivity index (χ1) is 49.6. The van der Waals surface area contributed by atoms with Crippen LogP contribution in [0, 0.1) is 0 Å². The zero-order chi connectivity index (χ0) is 66.0. The molecule has 0 saturated carbocycles. The summed E-state index contributed by atoms with van der Waals surface area (Å²) < 4.78 is 9.67. The maximum absolute atomic E-state index is 2.45. The van der Waals surface area contributed by atoms with Crippen LogP contribution in [0.3, 0.4) is 0 Å². The standard InChI is InChI=1S/2C48H32N2/c1-4-14-33(15-5-1)39-29-26-38(32-44(39)34-16-6-2-7-17-34)50-46-23-13-11-21-41(46)43-28-25-36(31-48(43)50)35-24-27-42-40-20-10-12-22-45(40)49(47(42)30-35)37-18-8-3-9-19-37;1-4-14-33(15-5-1)37-28-38(34-16-6-2-7-17-34)30-40(29-37)50-46-23-13-11-21-42(46)44-27-25-36(32-48(44)50)35-24-26-43-41-20-10-12-22-45(41)49(47(43)31-35)39-18-8-3-9-19-39/h2*1-32H. The highest BCUT2D eigenvalue weighted by Gasteiger charge is 2.21. The molecule has 0 N–H and O–H groups in total. The summed E-state index contributed by atoms with van der Waals surface area (Å²) in [7, 11) is 0. The van der Waals surface area contributed by atoms with Gasteiger partial charge in [0.1, 0.15) is 0 Å². The molecule has 0 radical (unpaired) electrons. The second-order valence-electron chi connectivity index (χ2n) is 26.0. The smallest absolute Gasteiger partial charge is 0.0547 e. The molecule has 0 amide bonds. The SMILES string of the molecule is c1ccc(-c2cc(-c3ccccc3)cc(-n3c4ccccc4c4ccc(-c5ccc6c7ccccc7n(-c7ccccc7)c6c5)cc43)c2)cc1.c1ccc(-c2ccc(-n3c4ccccc4c4ccc(-c5ccc6c7ccccc7n(-c7ccccc7)c6c5)cc43)cc2-c2ccccc2)cc1. The molecular weight excluding hydrogens is 1210 g/mol. The lowest BCUT2D eigenvalue weighted by atomic mass is 9.94. The van der Waals surface area contributed by atoms with Crippen LogP contribution in [0.4, 0.5) is 0 Å². The van der Waals surface area contributed by atoms with Gasteiger partial charge in [0.15, 0.2) is 0 Å². The number of benzene rings is 16. The Bertz CT molecular complexity index is 6420. The molecule has 20 aromatic rings. The number of hydrogen-bond donors (Lipinski definition) is 0. The Morgan fingerprint density at radius 1 is 0.120 bits per heavy atom. The lowest BCUT2D eigenvalue weighted by molar-refractivity contribution is 1.18. The largest absolute Gasteiger partial charge is 0.309 e. The molecule has 16 aromatic carbocycles. The van der Waals surface area contributed by atoms with Crippen molar-refractivity contribution in [1.82, 2.24) is 18.3 Å². The molecular formula is C96H64N4. The van der Waals surface area contributed by atoms with Gasteiger partial charge in [0.05, 0.1) is 44.1 Å². The van der Waals surface area contributed by atoms with Gasteiger partial charge >= 0.3 is 0 Å². The van der Waals surface area contributed by atoms with Crippen molar-refractivity contribution < 1.29 is 0 Å². The number of nitrogens with zero attached hydrogens (tertiary/aromatic N) is 4. The molecule has 0 fully saturated rings. The highest BCUT2D eigenvalue weighted by Crippen LogP contribution is 2.43. The van der Waals surface area contributed by atoms with E-state index in [1.54, 1.807) is 0 Å². The molecule has 0 aliphatic heterocycles. The van der Waals surface area contributed by atoms with E-state index in [-0.39, 0.29) is 0 Å². The van der Waals surface area contributed by atoms with Gasteiger partial charge in [-0.1, -0.05) is 285 Å². The van der Waals surface area contributed by atoms with Crippen LogP contribution in [0.1, 0.15) is 0 Å². The van der Waals surface area contributed by atoms with E-state index in [9.17, 15) is 0 Å². The van der Waals surface area contributed by atoms with E-state index in [1.807, 2.05) is 0 Å². The zero-order valence-electron chi connectivity index (χ0n) is 54.7. The second kappa shape index (κ2) is 24.4. The molecule has 4 nitrogen and oxygen atoms in total.